The Morgan fingerprint density at radius 3 is 1.73 bits per heavy atom. The van der Waals surface area contributed by atoms with Crippen LogP contribution in [-0.2, 0) is 0 Å². The van der Waals surface area contributed by atoms with Crippen LogP contribution in [0.1, 0.15) is 15.9 Å². The van der Waals surface area contributed by atoms with Crippen LogP contribution in [0.5, 0.6) is 0 Å². The summed E-state index contributed by atoms with van der Waals surface area (Å²) >= 11 is 0. The van der Waals surface area contributed by atoms with Crippen molar-refractivity contribution in [3.05, 3.63) is 90.0 Å². The molecule has 120 valence electrons. The lowest BCUT2D eigenvalue weighted by Gasteiger charge is -1.92. The number of rotatable bonds is 4. The minimum Gasteiger partial charge on any atom is -0.289 e. The number of halogens is 4. The first-order chi connectivity index (χ1) is 8.86. The van der Waals surface area contributed by atoms with Crippen LogP contribution in [-0.4, -0.2) is 5.78 Å². The summed E-state index contributed by atoms with van der Waals surface area (Å²) in [6, 6.07) is 19.2. The Morgan fingerprint density at radius 2 is 1.18 bits per heavy atom. The van der Waals surface area contributed by atoms with Gasteiger partial charge in [-0.1, -0.05) is 78.9 Å². The van der Waals surface area contributed by atoms with Gasteiger partial charge in [-0.3, -0.25) is 4.79 Å². The third kappa shape index (κ3) is 9.51. The van der Waals surface area contributed by atoms with Crippen molar-refractivity contribution >= 4 is 79.8 Å². The Balaban J connectivity index is -0.000000902. The van der Waals surface area contributed by atoms with Crippen molar-refractivity contribution in [1.82, 2.24) is 0 Å². The van der Waals surface area contributed by atoms with Crippen LogP contribution in [0, 0.1) is 0 Å². The summed E-state index contributed by atoms with van der Waals surface area (Å²) in [4.78, 5) is 11.7. The van der Waals surface area contributed by atoms with Gasteiger partial charge in [0.1, 0.15) is 0 Å². The summed E-state index contributed by atoms with van der Waals surface area (Å²) in [6.07, 6.45) is 7.18. The number of carbonyl (C=O) groups is 1. The second-order valence-electron chi connectivity index (χ2n) is 3.86. The Hall–Kier alpha value is -0.490. The van der Waals surface area contributed by atoms with Crippen molar-refractivity contribution in [2.45, 2.75) is 0 Å². The highest BCUT2D eigenvalue weighted by Gasteiger charge is 1.97. The van der Waals surface area contributed by atoms with E-state index < -0.39 is 0 Å². The maximum atomic E-state index is 11.7. The van der Waals surface area contributed by atoms with Gasteiger partial charge in [-0.25, -0.2) is 0 Å². The molecule has 0 saturated heterocycles. The molecule has 2 aromatic rings. The number of carbonyl (C=O) groups excluding carboxylic acids is 1. The van der Waals surface area contributed by atoms with Crippen molar-refractivity contribution < 1.29 is 4.79 Å². The minimum atomic E-state index is 0. The van der Waals surface area contributed by atoms with Gasteiger partial charge < -0.3 is 0 Å². The summed E-state index contributed by atoms with van der Waals surface area (Å²) in [5.41, 5.74) is 1.83. The second kappa shape index (κ2) is 15.4. The lowest BCUT2D eigenvalue weighted by atomic mass is 10.1. The first-order valence-corrected chi connectivity index (χ1v) is 5.85. The van der Waals surface area contributed by atoms with E-state index in [0.717, 1.165) is 5.56 Å². The van der Waals surface area contributed by atoms with Gasteiger partial charge in [0.15, 0.2) is 5.78 Å². The SMILES string of the molecule is Br.Br.Br.Br.O=C(C=CC=Cc1ccccc1)c1ccccc1. The van der Waals surface area contributed by atoms with Gasteiger partial charge in [-0.05, 0) is 11.6 Å². The molecule has 0 N–H and O–H groups in total. The fourth-order valence-corrected chi connectivity index (χ4v) is 1.57. The van der Waals surface area contributed by atoms with Gasteiger partial charge in [0, 0.05) is 5.56 Å². The first-order valence-electron chi connectivity index (χ1n) is 5.85. The molecule has 0 spiro atoms. The smallest absolute Gasteiger partial charge is 0.185 e. The molecule has 0 fully saturated rings. The molecule has 1 nitrogen and oxygen atoms in total. The molecule has 2 aromatic carbocycles. The van der Waals surface area contributed by atoms with Crippen LogP contribution >= 0.6 is 67.9 Å². The maximum Gasteiger partial charge on any atom is 0.185 e. The molecular formula is C17H18Br4O. The Morgan fingerprint density at radius 1 is 0.682 bits per heavy atom. The fourth-order valence-electron chi connectivity index (χ4n) is 1.57. The van der Waals surface area contributed by atoms with Crippen molar-refractivity contribution in [2.75, 3.05) is 0 Å². The van der Waals surface area contributed by atoms with E-state index in [-0.39, 0.29) is 73.7 Å². The minimum absolute atomic E-state index is 0. The molecule has 0 aliphatic rings. The third-order valence-corrected chi connectivity index (χ3v) is 2.51. The molecule has 2 rings (SSSR count). The summed E-state index contributed by atoms with van der Waals surface area (Å²) < 4.78 is 0. The molecule has 0 amide bonds. The largest absolute Gasteiger partial charge is 0.289 e. The molecule has 0 unspecified atom stereocenters. The Labute approximate surface area is 173 Å². The van der Waals surface area contributed by atoms with E-state index in [1.165, 1.54) is 0 Å². The van der Waals surface area contributed by atoms with Crippen molar-refractivity contribution in [2.24, 2.45) is 0 Å². The number of allylic oxidation sites excluding steroid dienone is 3. The molecule has 0 saturated carbocycles. The van der Waals surface area contributed by atoms with Crippen molar-refractivity contribution in [1.29, 1.82) is 0 Å². The molecule has 0 atom stereocenters. The summed E-state index contributed by atoms with van der Waals surface area (Å²) in [5.74, 6) is 0.0216. The first kappa shape index (κ1) is 26.4. The number of hydrogen-bond donors (Lipinski definition) is 0. The van der Waals surface area contributed by atoms with Gasteiger partial charge >= 0.3 is 0 Å². The van der Waals surface area contributed by atoms with E-state index in [4.69, 9.17) is 0 Å². The quantitative estimate of drug-likeness (QED) is 0.240. The molecule has 0 aliphatic heterocycles. The lowest BCUT2D eigenvalue weighted by molar-refractivity contribution is 0.104. The molecule has 0 radical (unpaired) electrons. The van der Waals surface area contributed by atoms with Gasteiger partial charge in [-0.15, -0.1) is 67.9 Å². The topological polar surface area (TPSA) is 17.1 Å². The lowest BCUT2D eigenvalue weighted by Crippen LogP contribution is -1.92. The standard InChI is InChI=1S/C17H14O.4BrH/c18-17(16-12-5-2-6-13-16)14-8-7-11-15-9-3-1-4-10-15;;;;/h1-14H;4*1H. The van der Waals surface area contributed by atoms with E-state index >= 15 is 0 Å². The van der Waals surface area contributed by atoms with Crippen LogP contribution in [0.15, 0.2) is 78.9 Å². The molecule has 0 aliphatic carbocycles. The Bertz CT molecular complexity index is 566. The van der Waals surface area contributed by atoms with Gasteiger partial charge in [0.25, 0.3) is 0 Å². The highest BCUT2D eigenvalue weighted by Crippen LogP contribution is 2.03. The molecule has 22 heavy (non-hydrogen) atoms. The maximum absolute atomic E-state index is 11.7. The van der Waals surface area contributed by atoms with Crippen molar-refractivity contribution in [3.63, 3.8) is 0 Å². The number of hydrogen-bond acceptors (Lipinski definition) is 1. The van der Waals surface area contributed by atoms with Crippen LogP contribution in [0.25, 0.3) is 6.08 Å². The summed E-state index contributed by atoms with van der Waals surface area (Å²) in [7, 11) is 0. The normalized spacial score (nSPS) is 9.09. The fraction of sp³-hybridized carbons (Fsp3) is 0. The highest BCUT2D eigenvalue weighted by molar-refractivity contribution is 8.93. The van der Waals surface area contributed by atoms with E-state index in [1.54, 1.807) is 12.2 Å². The zero-order chi connectivity index (χ0) is 12.6. The van der Waals surface area contributed by atoms with Gasteiger partial charge in [0.05, 0.1) is 0 Å². The highest BCUT2D eigenvalue weighted by atomic mass is 79.9. The predicted molar refractivity (Wildman–Crippen MR) is 117 cm³/mol. The van der Waals surface area contributed by atoms with E-state index in [1.807, 2.05) is 72.8 Å². The molecule has 0 bridgehead atoms. The second-order valence-corrected chi connectivity index (χ2v) is 3.86. The Kier molecular flexibility index (Phi) is 18.5. The molecule has 0 heterocycles. The predicted octanol–water partition coefficient (Wildman–Crippen LogP) is 6.45. The molecule has 5 heteroatoms. The van der Waals surface area contributed by atoms with Crippen LogP contribution in [0.3, 0.4) is 0 Å². The van der Waals surface area contributed by atoms with Crippen LogP contribution in [0.4, 0.5) is 0 Å². The van der Waals surface area contributed by atoms with Gasteiger partial charge in [0.2, 0.25) is 0 Å². The van der Waals surface area contributed by atoms with E-state index in [0.29, 0.717) is 5.56 Å². The van der Waals surface area contributed by atoms with Crippen molar-refractivity contribution in [3.8, 4) is 0 Å². The van der Waals surface area contributed by atoms with Gasteiger partial charge in [-0.2, -0.15) is 0 Å². The summed E-state index contributed by atoms with van der Waals surface area (Å²) in [5, 5.41) is 0. The number of benzene rings is 2. The molecular weight excluding hydrogens is 540 g/mol. The number of ketones is 1. The average Bonchev–Trinajstić information content (AvgIpc) is 2.45. The summed E-state index contributed by atoms with van der Waals surface area (Å²) in [6.45, 7) is 0. The monoisotopic (exact) mass is 554 g/mol. The zero-order valence-electron chi connectivity index (χ0n) is 11.6. The molecule has 0 aromatic heterocycles. The zero-order valence-corrected chi connectivity index (χ0v) is 18.5. The van der Waals surface area contributed by atoms with E-state index in [2.05, 4.69) is 0 Å². The van der Waals surface area contributed by atoms with Crippen LogP contribution < -0.4 is 0 Å². The van der Waals surface area contributed by atoms with E-state index in [9.17, 15) is 4.79 Å². The van der Waals surface area contributed by atoms with Crippen LogP contribution in [0.2, 0.25) is 0 Å². The average molecular weight is 558 g/mol. The third-order valence-electron chi connectivity index (χ3n) is 2.51.